The summed E-state index contributed by atoms with van der Waals surface area (Å²) in [5.41, 5.74) is 4.63. The van der Waals surface area contributed by atoms with E-state index in [0.29, 0.717) is 24.2 Å². The second-order valence-electron chi connectivity index (χ2n) is 7.88. The minimum Gasteiger partial charge on any atom is -0.440 e. The van der Waals surface area contributed by atoms with Crippen LogP contribution in [0.5, 0.6) is 0 Å². The van der Waals surface area contributed by atoms with Gasteiger partial charge in [-0.15, -0.1) is 0 Å². The number of rotatable bonds is 6. The number of oxazole rings is 1. The third kappa shape index (κ3) is 3.77. The maximum absolute atomic E-state index is 12.9. The first-order chi connectivity index (χ1) is 14.0. The highest BCUT2D eigenvalue weighted by molar-refractivity contribution is 6.04. The Bertz CT molecular complexity index is 1020. The van der Waals surface area contributed by atoms with Gasteiger partial charge in [0.25, 0.3) is 0 Å². The van der Waals surface area contributed by atoms with Gasteiger partial charge < -0.3 is 9.40 Å². The lowest BCUT2D eigenvalue weighted by Crippen LogP contribution is -2.37. The Morgan fingerprint density at radius 2 is 1.97 bits per heavy atom. The molecule has 1 N–H and O–H groups in total. The van der Waals surface area contributed by atoms with Crippen molar-refractivity contribution in [2.45, 2.75) is 46.0 Å². The molecule has 2 aromatic heterocycles. The molecule has 0 saturated carbocycles. The van der Waals surface area contributed by atoms with Gasteiger partial charge in [-0.2, -0.15) is 0 Å². The van der Waals surface area contributed by atoms with Crippen LogP contribution in [0.3, 0.4) is 0 Å². The molecule has 152 valence electrons. The number of para-hydroxylation sites is 2. The number of fused-ring (bicyclic) bond motifs is 1. The Kier molecular flexibility index (Phi) is 5.37. The highest BCUT2D eigenvalue weighted by Crippen LogP contribution is 2.30. The number of carbonyl (C=O) groups excluding carboxylic acids is 2. The zero-order chi connectivity index (χ0) is 20.5. The second kappa shape index (κ2) is 7.95. The fraction of sp³-hybridized carbons (Fsp3) is 0.435. The summed E-state index contributed by atoms with van der Waals surface area (Å²) in [4.78, 5) is 34.9. The molecule has 0 amide bonds. The lowest BCUT2D eigenvalue weighted by atomic mass is 9.96. The number of Topliss-reactive ketones (excluding diaryl/α,β-unsaturated/α-hetero) is 2. The fourth-order valence-corrected chi connectivity index (χ4v) is 4.43. The lowest BCUT2D eigenvalue weighted by Gasteiger charge is -2.29. The molecule has 1 fully saturated rings. The molecule has 0 unspecified atom stereocenters. The van der Waals surface area contributed by atoms with Crippen LogP contribution < -0.4 is 0 Å². The molecule has 29 heavy (non-hydrogen) atoms. The Morgan fingerprint density at radius 1 is 1.24 bits per heavy atom. The molecule has 0 aliphatic carbocycles. The van der Waals surface area contributed by atoms with E-state index < -0.39 is 0 Å². The number of nitrogens with one attached hydrogen (secondary N) is 1. The standard InChI is InChI=1S/C23H27N3O3/c1-4-17-21(15(3)27)14(2)24-22(17)19(28)13-26-11-9-16(10-12-26)23-25-18-7-5-6-8-20(18)29-23/h5-8,16,24H,4,9-13H2,1-3H3. The number of ketones is 2. The SMILES string of the molecule is CCc1c(C(=O)CN2CCC(c3nc4ccccc4o3)CC2)[nH]c(C)c1C(C)=O. The van der Waals surface area contributed by atoms with E-state index in [1.54, 1.807) is 6.92 Å². The topological polar surface area (TPSA) is 79.2 Å². The van der Waals surface area contributed by atoms with Crippen molar-refractivity contribution in [3.05, 3.63) is 52.7 Å². The van der Waals surface area contributed by atoms with Crippen LogP contribution in [0.4, 0.5) is 0 Å². The van der Waals surface area contributed by atoms with Crippen LogP contribution >= 0.6 is 0 Å². The smallest absolute Gasteiger partial charge is 0.198 e. The van der Waals surface area contributed by atoms with Crippen molar-refractivity contribution in [2.24, 2.45) is 0 Å². The monoisotopic (exact) mass is 393 g/mol. The Morgan fingerprint density at radius 3 is 2.62 bits per heavy atom. The highest BCUT2D eigenvalue weighted by Gasteiger charge is 2.27. The largest absolute Gasteiger partial charge is 0.440 e. The number of aryl methyl sites for hydroxylation is 1. The maximum atomic E-state index is 12.9. The van der Waals surface area contributed by atoms with Crippen molar-refractivity contribution < 1.29 is 14.0 Å². The molecule has 1 saturated heterocycles. The van der Waals surface area contributed by atoms with Gasteiger partial charge in [-0.1, -0.05) is 19.1 Å². The van der Waals surface area contributed by atoms with Crippen LogP contribution in [-0.2, 0) is 6.42 Å². The van der Waals surface area contributed by atoms with E-state index in [0.717, 1.165) is 54.2 Å². The third-order valence-electron chi connectivity index (χ3n) is 5.89. The number of benzene rings is 1. The molecule has 0 bridgehead atoms. The molecular weight excluding hydrogens is 366 g/mol. The van der Waals surface area contributed by atoms with Crippen LogP contribution in [0.1, 0.15) is 70.6 Å². The quantitative estimate of drug-likeness (QED) is 0.632. The van der Waals surface area contributed by atoms with Crippen molar-refractivity contribution in [2.75, 3.05) is 19.6 Å². The van der Waals surface area contributed by atoms with E-state index in [1.807, 2.05) is 38.1 Å². The molecule has 0 atom stereocenters. The first kappa shape index (κ1) is 19.6. The number of piperidine rings is 1. The van der Waals surface area contributed by atoms with E-state index >= 15 is 0 Å². The summed E-state index contributed by atoms with van der Waals surface area (Å²) in [6, 6.07) is 7.83. The van der Waals surface area contributed by atoms with Crippen molar-refractivity contribution in [3.63, 3.8) is 0 Å². The van der Waals surface area contributed by atoms with Crippen LogP contribution in [-0.4, -0.2) is 46.1 Å². The molecule has 6 heteroatoms. The van der Waals surface area contributed by atoms with Gasteiger partial charge in [0, 0.05) is 17.2 Å². The Labute approximate surface area is 170 Å². The van der Waals surface area contributed by atoms with Crippen LogP contribution in [0, 0.1) is 6.92 Å². The second-order valence-corrected chi connectivity index (χ2v) is 7.88. The van der Waals surface area contributed by atoms with Crippen LogP contribution in [0.25, 0.3) is 11.1 Å². The van der Waals surface area contributed by atoms with Crippen molar-refractivity contribution in [3.8, 4) is 0 Å². The summed E-state index contributed by atoms with van der Waals surface area (Å²) in [7, 11) is 0. The maximum Gasteiger partial charge on any atom is 0.198 e. The summed E-state index contributed by atoms with van der Waals surface area (Å²) in [6.07, 6.45) is 2.51. The van der Waals surface area contributed by atoms with Crippen molar-refractivity contribution >= 4 is 22.7 Å². The minimum atomic E-state index is 0.00815. The fourth-order valence-electron chi connectivity index (χ4n) is 4.43. The molecule has 3 heterocycles. The van der Waals surface area contributed by atoms with Gasteiger partial charge in [0.2, 0.25) is 0 Å². The summed E-state index contributed by atoms with van der Waals surface area (Å²) in [5.74, 6) is 1.15. The molecule has 3 aromatic rings. The summed E-state index contributed by atoms with van der Waals surface area (Å²) in [5, 5.41) is 0. The zero-order valence-corrected chi connectivity index (χ0v) is 17.2. The number of aromatic nitrogens is 2. The van der Waals surface area contributed by atoms with Gasteiger partial charge in [0.1, 0.15) is 5.52 Å². The number of hydrogen-bond acceptors (Lipinski definition) is 5. The zero-order valence-electron chi connectivity index (χ0n) is 17.2. The van der Waals surface area contributed by atoms with Gasteiger partial charge in [0.05, 0.1) is 12.2 Å². The molecule has 1 aliphatic heterocycles. The molecule has 6 nitrogen and oxygen atoms in total. The van der Waals surface area contributed by atoms with E-state index in [4.69, 9.17) is 4.42 Å². The van der Waals surface area contributed by atoms with Crippen LogP contribution in [0.2, 0.25) is 0 Å². The number of hydrogen-bond donors (Lipinski definition) is 1. The van der Waals surface area contributed by atoms with Crippen molar-refractivity contribution in [1.82, 2.24) is 14.9 Å². The summed E-state index contributed by atoms with van der Waals surface area (Å²) < 4.78 is 5.93. The van der Waals surface area contributed by atoms with E-state index in [1.165, 1.54) is 0 Å². The highest BCUT2D eigenvalue weighted by atomic mass is 16.3. The first-order valence-corrected chi connectivity index (χ1v) is 10.3. The third-order valence-corrected chi connectivity index (χ3v) is 5.89. The molecule has 1 aromatic carbocycles. The van der Waals surface area contributed by atoms with Gasteiger partial charge >= 0.3 is 0 Å². The Balaban J connectivity index is 1.41. The minimum absolute atomic E-state index is 0.00815. The summed E-state index contributed by atoms with van der Waals surface area (Å²) >= 11 is 0. The normalized spacial score (nSPS) is 15.8. The average Bonchev–Trinajstić information content (AvgIpc) is 3.29. The number of H-pyrrole nitrogens is 1. The number of likely N-dealkylation sites (tertiary alicyclic amines) is 1. The molecule has 1 aliphatic rings. The van der Waals surface area contributed by atoms with Gasteiger partial charge in [0.15, 0.2) is 23.0 Å². The van der Waals surface area contributed by atoms with Gasteiger partial charge in [-0.25, -0.2) is 4.98 Å². The first-order valence-electron chi connectivity index (χ1n) is 10.3. The number of nitrogens with zero attached hydrogens (tertiary/aromatic N) is 2. The number of aromatic amines is 1. The van der Waals surface area contributed by atoms with E-state index in [9.17, 15) is 9.59 Å². The molecule has 0 radical (unpaired) electrons. The molecule has 4 rings (SSSR count). The van der Waals surface area contributed by atoms with E-state index in [2.05, 4.69) is 14.9 Å². The van der Waals surface area contributed by atoms with Gasteiger partial charge in [-0.3, -0.25) is 14.5 Å². The summed E-state index contributed by atoms with van der Waals surface area (Å²) in [6.45, 7) is 7.42. The average molecular weight is 393 g/mol. The molecule has 0 spiro atoms. The Hall–Kier alpha value is -2.73. The molecular formula is C23H27N3O3. The predicted octanol–water partition coefficient (Wildman–Crippen LogP) is 4.29. The van der Waals surface area contributed by atoms with E-state index in [-0.39, 0.29) is 17.5 Å². The van der Waals surface area contributed by atoms with Crippen molar-refractivity contribution in [1.29, 1.82) is 0 Å². The van der Waals surface area contributed by atoms with Crippen LogP contribution in [0.15, 0.2) is 28.7 Å². The predicted molar refractivity (Wildman–Crippen MR) is 112 cm³/mol. The number of carbonyl (C=O) groups is 2. The van der Waals surface area contributed by atoms with Gasteiger partial charge in [-0.05, 0) is 63.9 Å². The lowest BCUT2D eigenvalue weighted by molar-refractivity contribution is 0.0900.